The summed E-state index contributed by atoms with van der Waals surface area (Å²) in [5.41, 5.74) is 9.80. The van der Waals surface area contributed by atoms with Gasteiger partial charge in [-0.2, -0.15) is 0 Å². The van der Waals surface area contributed by atoms with E-state index in [2.05, 4.69) is 9.97 Å². The average Bonchev–Trinajstić information content (AvgIpc) is 2.97. The summed E-state index contributed by atoms with van der Waals surface area (Å²) in [5, 5.41) is 0. The van der Waals surface area contributed by atoms with Gasteiger partial charge >= 0.3 is 5.97 Å². The first kappa shape index (κ1) is 17.7. The van der Waals surface area contributed by atoms with Crippen LogP contribution < -0.4 is 5.73 Å². The molecule has 28 heavy (non-hydrogen) atoms. The number of carbonyl (C=O) groups is 2. The first-order valence-electron chi connectivity index (χ1n) is 8.86. The standard InChI is InChI=1S/C21H18N4O3/c1-3-28-21(27)17-18-20(24-16-10-5-4-9-15(16)23-18)25(19(17)22)14-8-6-7-13(11-14)12(2)26/h4-11H,3,22H2,1-2H3. The second-order valence-corrected chi connectivity index (χ2v) is 6.31. The lowest BCUT2D eigenvalue weighted by molar-refractivity contribution is 0.0529. The molecule has 4 aromatic rings. The second kappa shape index (κ2) is 6.77. The minimum absolute atomic E-state index is 0.0703. The molecule has 140 valence electrons. The van der Waals surface area contributed by atoms with Crippen LogP contribution >= 0.6 is 0 Å². The smallest absolute Gasteiger partial charge is 0.344 e. The summed E-state index contributed by atoms with van der Waals surface area (Å²) in [6, 6.07) is 14.4. The van der Waals surface area contributed by atoms with E-state index in [1.165, 1.54) is 6.92 Å². The van der Waals surface area contributed by atoms with E-state index >= 15 is 0 Å². The molecule has 2 aromatic carbocycles. The molecule has 2 aromatic heterocycles. The maximum atomic E-state index is 12.6. The summed E-state index contributed by atoms with van der Waals surface area (Å²) in [5.74, 6) is -0.459. The molecule has 0 aliphatic heterocycles. The number of aromatic nitrogens is 3. The molecule has 0 spiro atoms. The minimum Gasteiger partial charge on any atom is -0.462 e. The summed E-state index contributed by atoms with van der Waals surface area (Å²) in [4.78, 5) is 33.7. The van der Waals surface area contributed by atoms with Crippen molar-refractivity contribution < 1.29 is 14.3 Å². The number of nitrogen functional groups attached to an aromatic ring is 1. The molecule has 0 radical (unpaired) electrons. The Hall–Kier alpha value is -3.74. The van der Waals surface area contributed by atoms with Gasteiger partial charge in [-0.25, -0.2) is 14.8 Å². The number of hydrogen-bond acceptors (Lipinski definition) is 6. The maximum Gasteiger partial charge on any atom is 0.344 e. The molecular formula is C21H18N4O3. The molecular weight excluding hydrogens is 356 g/mol. The van der Waals surface area contributed by atoms with E-state index in [1.807, 2.05) is 24.3 Å². The number of fused-ring (bicyclic) bond motifs is 2. The van der Waals surface area contributed by atoms with E-state index in [-0.39, 0.29) is 23.8 Å². The van der Waals surface area contributed by atoms with Crippen LogP contribution in [-0.4, -0.2) is 32.9 Å². The number of Topliss-reactive ketones (excluding diaryl/α,β-unsaturated/α-hetero) is 1. The number of rotatable bonds is 4. The van der Waals surface area contributed by atoms with Crippen molar-refractivity contribution in [3.8, 4) is 5.69 Å². The number of anilines is 1. The van der Waals surface area contributed by atoms with E-state index in [0.717, 1.165) is 0 Å². The molecule has 2 N–H and O–H groups in total. The fourth-order valence-electron chi connectivity index (χ4n) is 3.19. The van der Waals surface area contributed by atoms with Gasteiger partial charge in [0.15, 0.2) is 11.4 Å². The van der Waals surface area contributed by atoms with Crippen LogP contribution in [0.2, 0.25) is 0 Å². The second-order valence-electron chi connectivity index (χ2n) is 6.31. The summed E-state index contributed by atoms with van der Waals surface area (Å²) < 4.78 is 6.82. The molecule has 0 saturated heterocycles. The predicted molar refractivity (Wildman–Crippen MR) is 107 cm³/mol. The Kier molecular flexibility index (Phi) is 4.27. The first-order chi connectivity index (χ1) is 13.5. The van der Waals surface area contributed by atoms with Gasteiger partial charge in [-0.1, -0.05) is 24.3 Å². The quantitative estimate of drug-likeness (QED) is 0.433. The van der Waals surface area contributed by atoms with Crippen molar-refractivity contribution in [2.75, 3.05) is 12.3 Å². The molecule has 0 aliphatic rings. The van der Waals surface area contributed by atoms with Gasteiger partial charge in [0.1, 0.15) is 16.9 Å². The largest absolute Gasteiger partial charge is 0.462 e. The topological polar surface area (TPSA) is 100 Å². The predicted octanol–water partition coefficient (Wildman–Crippen LogP) is 3.54. The lowest BCUT2D eigenvalue weighted by Gasteiger charge is -2.09. The van der Waals surface area contributed by atoms with E-state index in [4.69, 9.17) is 10.5 Å². The third kappa shape index (κ3) is 2.77. The average molecular weight is 374 g/mol. The summed E-state index contributed by atoms with van der Waals surface area (Å²) in [6.07, 6.45) is 0. The van der Waals surface area contributed by atoms with Crippen molar-refractivity contribution >= 4 is 39.8 Å². The number of benzene rings is 2. The Morgan fingerprint density at radius 3 is 2.46 bits per heavy atom. The summed E-state index contributed by atoms with van der Waals surface area (Å²) in [7, 11) is 0. The van der Waals surface area contributed by atoms with Gasteiger partial charge in [-0.3, -0.25) is 9.36 Å². The normalized spacial score (nSPS) is 11.1. The van der Waals surface area contributed by atoms with Gasteiger partial charge in [0, 0.05) is 11.3 Å². The molecule has 0 atom stereocenters. The Morgan fingerprint density at radius 2 is 1.79 bits per heavy atom. The van der Waals surface area contributed by atoms with Crippen LogP contribution in [0.4, 0.5) is 5.82 Å². The number of esters is 1. The van der Waals surface area contributed by atoms with E-state index in [9.17, 15) is 9.59 Å². The molecule has 0 aliphatic carbocycles. The highest BCUT2D eigenvalue weighted by molar-refractivity contribution is 6.09. The number of carbonyl (C=O) groups excluding carboxylic acids is 2. The number of ether oxygens (including phenoxy) is 1. The zero-order valence-electron chi connectivity index (χ0n) is 15.5. The van der Waals surface area contributed by atoms with Gasteiger partial charge < -0.3 is 10.5 Å². The SMILES string of the molecule is CCOC(=O)c1c(N)n(-c2cccc(C(C)=O)c2)c2nc3ccccc3nc12. The summed E-state index contributed by atoms with van der Waals surface area (Å²) in [6.45, 7) is 3.43. The third-order valence-electron chi connectivity index (χ3n) is 4.49. The van der Waals surface area contributed by atoms with E-state index in [0.29, 0.717) is 33.4 Å². The Morgan fingerprint density at radius 1 is 1.07 bits per heavy atom. The summed E-state index contributed by atoms with van der Waals surface area (Å²) >= 11 is 0. The fourth-order valence-corrected chi connectivity index (χ4v) is 3.19. The van der Waals surface area contributed by atoms with Crippen LogP contribution in [0.15, 0.2) is 48.5 Å². The highest BCUT2D eigenvalue weighted by atomic mass is 16.5. The minimum atomic E-state index is -0.559. The van der Waals surface area contributed by atoms with Crippen molar-refractivity contribution in [1.82, 2.24) is 14.5 Å². The molecule has 7 heteroatoms. The van der Waals surface area contributed by atoms with Gasteiger partial charge in [-0.05, 0) is 38.1 Å². The number of ketones is 1. The Balaban J connectivity index is 2.09. The van der Waals surface area contributed by atoms with Crippen LogP contribution in [0.3, 0.4) is 0 Å². The number of nitrogens with two attached hydrogens (primary N) is 1. The zero-order chi connectivity index (χ0) is 19.8. The maximum absolute atomic E-state index is 12.6. The van der Waals surface area contributed by atoms with E-state index < -0.39 is 5.97 Å². The van der Waals surface area contributed by atoms with Crippen LogP contribution in [0, 0.1) is 0 Å². The highest BCUT2D eigenvalue weighted by Gasteiger charge is 2.25. The van der Waals surface area contributed by atoms with Crippen molar-refractivity contribution in [1.29, 1.82) is 0 Å². The monoisotopic (exact) mass is 374 g/mol. The van der Waals surface area contributed by atoms with Crippen molar-refractivity contribution in [3.63, 3.8) is 0 Å². The number of para-hydroxylation sites is 2. The van der Waals surface area contributed by atoms with Crippen LogP contribution in [0.1, 0.15) is 34.6 Å². The molecule has 7 nitrogen and oxygen atoms in total. The van der Waals surface area contributed by atoms with Crippen LogP contribution in [-0.2, 0) is 4.74 Å². The lowest BCUT2D eigenvalue weighted by Crippen LogP contribution is -2.09. The van der Waals surface area contributed by atoms with Crippen molar-refractivity contribution in [2.45, 2.75) is 13.8 Å². The van der Waals surface area contributed by atoms with Gasteiger partial charge in [0.25, 0.3) is 0 Å². The highest BCUT2D eigenvalue weighted by Crippen LogP contribution is 2.31. The van der Waals surface area contributed by atoms with Crippen molar-refractivity contribution in [3.05, 3.63) is 59.7 Å². The fraction of sp³-hybridized carbons (Fsp3) is 0.143. The van der Waals surface area contributed by atoms with Crippen LogP contribution in [0.5, 0.6) is 0 Å². The molecule has 0 bridgehead atoms. The molecule has 0 fully saturated rings. The number of hydrogen-bond donors (Lipinski definition) is 1. The first-order valence-corrected chi connectivity index (χ1v) is 8.86. The Labute approximate surface area is 160 Å². The van der Waals surface area contributed by atoms with Crippen LogP contribution in [0.25, 0.3) is 27.9 Å². The molecule has 2 heterocycles. The third-order valence-corrected chi connectivity index (χ3v) is 4.49. The van der Waals surface area contributed by atoms with Gasteiger partial charge in [0.05, 0.1) is 17.6 Å². The zero-order valence-corrected chi connectivity index (χ0v) is 15.5. The van der Waals surface area contributed by atoms with Crippen molar-refractivity contribution in [2.24, 2.45) is 0 Å². The van der Waals surface area contributed by atoms with Gasteiger partial charge in [-0.15, -0.1) is 0 Å². The lowest BCUT2D eigenvalue weighted by atomic mass is 10.1. The molecule has 0 saturated carbocycles. The number of nitrogens with zero attached hydrogens (tertiary/aromatic N) is 3. The Bertz CT molecular complexity index is 1240. The van der Waals surface area contributed by atoms with E-state index in [1.54, 1.807) is 35.8 Å². The molecule has 4 rings (SSSR count). The van der Waals surface area contributed by atoms with Gasteiger partial charge in [0.2, 0.25) is 0 Å². The molecule has 0 unspecified atom stereocenters. The molecule has 0 amide bonds.